The fourth-order valence-corrected chi connectivity index (χ4v) is 3.22. The van der Waals surface area contributed by atoms with Crippen LogP contribution in [0.2, 0.25) is 0 Å². The van der Waals surface area contributed by atoms with Crippen molar-refractivity contribution in [3.63, 3.8) is 0 Å². The maximum absolute atomic E-state index is 13.7. The van der Waals surface area contributed by atoms with Crippen LogP contribution >= 0.6 is 11.8 Å². The van der Waals surface area contributed by atoms with Gasteiger partial charge in [0.1, 0.15) is 11.6 Å². The van der Waals surface area contributed by atoms with Crippen molar-refractivity contribution in [2.75, 3.05) is 21.8 Å². The molecule has 6 nitrogen and oxygen atoms in total. The van der Waals surface area contributed by atoms with E-state index in [4.69, 9.17) is 5.73 Å². The van der Waals surface area contributed by atoms with Gasteiger partial charge in [0, 0.05) is 17.8 Å². The molecule has 0 aliphatic carbocycles. The molecule has 1 aliphatic rings. The van der Waals surface area contributed by atoms with Gasteiger partial charge in [-0.1, -0.05) is 11.8 Å². The first-order valence-corrected chi connectivity index (χ1v) is 9.12. The average molecular weight is 361 g/mol. The summed E-state index contributed by atoms with van der Waals surface area (Å²) in [5.41, 5.74) is 7.81. The van der Waals surface area contributed by atoms with E-state index in [0.717, 1.165) is 5.56 Å². The number of nitrogens with two attached hydrogens (primary N) is 1. The molecule has 1 aromatic carbocycles. The zero-order valence-corrected chi connectivity index (χ0v) is 15.4. The van der Waals surface area contributed by atoms with Gasteiger partial charge in [0.25, 0.3) is 0 Å². The van der Waals surface area contributed by atoms with Gasteiger partial charge >= 0.3 is 6.03 Å². The summed E-state index contributed by atoms with van der Waals surface area (Å²) >= 11 is 1.43. The maximum Gasteiger partial charge on any atom is 0.330 e. The monoisotopic (exact) mass is 361 g/mol. The van der Waals surface area contributed by atoms with E-state index >= 15 is 0 Å². The summed E-state index contributed by atoms with van der Waals surface area (Å²) in [6.45, 7) is 5.93. The fourth-order valence-electron chi connectivity index (χ4n) is 2.88. The number of halogens is 1. The van der Waals surface area contributed by atoms with Crippen molar-refractivity contribution < 1.29 is 9.18 Å². The number of aromatic nitrogens is 2. The molecule has 2 N–H and O–H groups in total. The number of anilines is 3. The molecule has 0 spiro atoms. The molecule has 0 atom stereocenters. The first kappa shape index (κ1) is 17.5. The Hall–Kier alpha value is -2.35. The second-order valence-electron chi connectivity index (χ2n) is 6.20. The fraction of sp³-hybridized carbons (Fsp3) is 0.353. The molecule has 8 heteroatoms. The standard InChI is InChI=1S/C17H20FN5OS/c1-9(2)23-15-11(7-20-16(21-15)25-4)8-22(17(23)24)14-6-13(19)12(18)5-10(14)3/h5-7,9H,8,19H2,1-4H3. The van der Waals surface area contributed by atoms with Crippen LogP contribution in [-0.2, 0) is 6.54 Å². The molecule has 1 aromatic heterocycles. The number of urea groups is 1. The zero-order valence-electron chi connectivity index (χ0n) is 14.6. The van der Waals surface area contributed by atoms with Gasteiger partial charge in [-0.3, -0.25) is 9.80 Å². The SMILES string of the molecule is CSc1ncc2c(n1)N(C(C)C)C(=O)N(c1cc(N)c(F)cc1C)C2. The summed E-state index contributed by atoms with van der Waals surface area (Å²) < 4.78 is 13.7. The molecule has 2 aromatic rings. The number of thioether (sulfide) groups is 1. The minimum absolute atomic E-state index is 0.0178. The largest absolute Gasteiger partial charge is 0.396 e. The van der Waals surface area contributed by atoms with E-state index in [9.17, 15) is 9.18 Å². The molecule has 2 heterocycles. The Morgan fingerprint density at radius 3 is 2.72 bits per heavy atom. The van der Waals surface area contributed by atoms with Crippen LogP contribution < -0.4 is 15.5 Å². The molecule has 1 aliphatic heterocycles. The second kappa shape index (κ2) is 6.51. The molecule has 0 saturated heterocycles. The van der Waals surface area contributed by atoms with Crippen molar-refractivity contribution in [2.24, 2.45) is 0 Å². The van der Waals surface area contributed by atoms with E-state index in [2.05, 4.69) is 9.97 Å². The summed E-state index contributed by atoms with van der Waals surface area (Å²) in [5.74, 6) is 0.142. The summed E-state index contributed by atoms with van der Waals surface area (Å²) in [4.78, 5) is 25.2. The Morgan fingerprint density at radius 2 is 2.08 bits per heavy atom. The van der Waals surface area contributed by atoms with Crippen molar-refractivity contribution in [1.82, 2.24) is 9.97 Å². The molecular weight excluding hydrogens is 341 g/mol. The average Bonchev–Trinajstić information content (AvgIpc) is 2.57. The third kappa shape index (κ3) is 3.02. The van der Waals surface area contributed by atoms with Crippen LogP contribution in [-0.4, -0.2) is 28.3 Å². The quantitative estimate of drug-likeness (QED) is 0.514. The lowest BCUT2D eigenvalue weighted by Crippen LogP contribution is -2.51. The van der Waals surface area contributed by atoms with Gasteiger partial charge in [-0.15, -0.1) is 0 Å². The number of nitrogen functional groups attached to an aromatic ring is 1. The van der Waals surface area contributed by atoms with Gasteiger partial charge in [0.15, 0.2) is 5.16 Å². The number of carbonyl (C=O) groups excluding carboxylic acids is 1. The van der Waals surface area contributed by atoms with Gasteiger partial charge in [0.05, 0.1) is 17.9 Å². The van der Waals surface area contributed by atoms with Crippen LogP contribution in [0.1, 0.15) is 25.0 Å². The minimum Gasteiger partial charge on any atom is -0.396 e. The predicted octanol–water partition coefficient (Wildman–Crippen LogP) is 3.58. The number of carbonyl (C=O) groups is 1. The van der Waals surface area contributed by atoms with Gasteiger partial charge < -0.3 is 5.73 Å². The zero-order chi connectivity index (χ0) is 18.3. The summed E-state index contributed by atoms with van der Waals surface area (Å²) in [7, 11) is 0. The van der Waals surface area contributed by atoms with Gasteiger partial charge in [-0.2, -0.15) is 0 Å². The first-order chi connectivity index (χ1) is 11.8. The first-order valence-electron chi connectivity index (χ1n) is 7.89. The summed E-state index contributed by atoms with van der Waals surface area (Å²) in [6.07, 6.45) is 3.63. The Bertz CT molecular complexity index is 842. The van der Waals surface area contributed by atoms with E-state index in [-0.39, 0.29) is 17.8 Å². The van der Waals surface area contributed by atoms with Crippen LogP contribution in [0.3, 0.4) is 0 Å². The number of amides is 2. The van der Waals surface area contributed by atoms with Crippen molar-refractivity contribution in [2.45, 2.75) is 38.5 Å². The van der Waals surface area contributed by atoms with Gasteiger partial charge in [-0.25, -0.2) is 19.2 Å². The number of hydrogen-bond donors (Lipinski definition) is 1. The maximum atomic E-state index is 13.7. The third-order valence-electron chi connectivity index (χ3n) is 4.12. The molecule has 3 rings (SSSR count). The molecule has 2 amide bonds. The Balaban J connectivity index is 2.12. The van der Waals surface area contributed by atoms with Gasteiger partial charge in [-0.05, 0) is 44.7 Å². The second-order valence-corrected chi connectivity index (χ2v) is 6.97. The van der Waals surface area contributed by atoms with Crippen LogP contribution in [0.4, 0.5) is 26.4 Å². The highest BCUT2D eigenvalue weighted by atomic mass is 32.2. The van der Waals surface area contributed by atoms with E-state index in [1.54, 1.807) is 22.9 Å². The lowest BCUT2D eigenvalue weighted by atomic mass is 10.1. The van der Waals surface area contributed by atoms with Crippen molar-refractivity contribution >= 4 is 35.0 Å². The molecule has 0 radical (unpaired) electrons. The molecular formula is C17H20FN5OS. The van der Waals surface area contributed by atoms with Gasteiger partial charge in [0.2, 0.25) is 0 Å². The van der Waals surface area contributed by atoms with E-state index in [0.29, 0.717) is 28.8 Å². The van der Waals surface area contributed by atoms with E-state index in [1.165, 1.54) is 23.9 Å². The Kier molecular flexibility index (Phi) is 4.55. The number of rotatable bonds is 3. The van der Waals surface area contributed by atoms with E-state index < -0.39 is 5.82 Å². The molecule has 0 saturated carbocycles. The van der Waals surface area contributed by atoms with Crippen LogP contribution in [0.15, 0.2) is 23.5 Å². The number of hydrogen-bond acceptors (Lipinski definition) is 5. The number of fused-ring (bicyclic) bond motifs is 1. The number of nitrogens with zero attached hydrogens (tertiary/aromatic N) is 4. The molecule has 0 fully saturated rings. The summed E-state index contributed by atoms with van der Waals surface area (Å²) in [5, 5.41) is 0.618. The van der Waals surface area contributed by atoms with Crippen molar-refractivity contribution in [1.29, 1.82) is 0 Å². The highest BCUT2D eigenvalue weighted by Crippen LogP contribution is 2.35. The lowest BCUT2D eigenvalue weighted by Gasteiger charge is -2.38. The lowest BCUT2D eigenvalue weighted by molar-refractivity contribution is 0.248. The smallest absolute Gasteiger partial charge is 0.330 e. The molecule has 132 valence electrons. The van der Waals surface area contributed by atoms with Crippen LogP contribution in [0.5, 0.6) is 0 Å². The summed E-state index contributed by atoms with van der Waals surface area (Å²) in [6, 6.07) is 2.56. The molecule has 0 unspecified atom stereocenters. The predicted molar refractivity (Wildman–Crippen MR) is 98.6 cm³/mol. The highest BCUT2D eigenvalue weighted by molar-refractivity contribution is 7.98. The molecule has 0 bridgehead atoms. The normalized spacial score (nSPS) is 14.2. The minimum atomic E-state index is -0.486. The third-order valence-corrected chi connectivity index (χ3v) is 4.68. The van der Waals surface area contributed by atoms with E-state index in [1.807, 2.05) is 20.1 Å². The topological polar surface area (TPSA) is 75.4 Å². The van der Waals surface area contributed by atoms with Crippen LogP contribution in [0, 0.1) is 12.7 Å². The Labute approximate surface area is 150 Å². The number of benzene rings is 1. The highest BCUT2D eigenvalue weighted by Gasteiger charge is 2.35. The van der Waals surface area contributed by atoms with Crippen molar-refractivity contribution in [3.8, 4) is 0 Å². The van der Waals surface area contributed by atoms with Crippen molar-refractivity contribution in [3.05, 3.63) is 35.3 Å². The van der Waals surface area contributed by atoms with Crippen LogP contribution in [0.25, 0.3) is 0 Å². The Morgan fingerprint density at radius 1 is 1.36 bits per heavy atom. The molecule has 25 heavy (non-hydrogen) atoms. The number of aryl methyl sites for hydroxylation is 1.